The third kappa shape index (κ3) is 2.54. The van der Waals surface area contributed by atoms with Crippen LogP contribution in [0.15, 0.2) is 24.3 Å². The van der Waals surface area contributed by atoms with Crippen LogP contribution in [0, 0.1) is 5.92 Å². The normalized spacial score (nSPS) is 30.4. The number of halogens is 2. The highest BCUT2D eigenvalue weighted by Crippen LogP contribution is 2.53. The Balaban J connectivity index is 1.70. The van der Waals surface area contributed by atoms with Gasteiger partial charge in [-0.25, -0.2) is 0 Å². The molecule has 0 aromatic heterocycles. The molecule has 2 atom stereocenters. The molecule has 0 unspecified atom stereocenters. The first-order valence-corrected chi connectivity index (χ1v) is 7.64. The van der Waals surface area contributed by atoms with Crippen LogP contribution < -0.4 is 5.32 Å². The quantitative estimate of drug-likeness (QED) is 0.842. The van der Waals surface area contributed by atoms with E-state index in [9.17, 15) is 9.90 Å². The van der Waals surface area contributed by atoms with Gasteiger partial charge >= 0.3 is 0 Å². The average molecular weight is 314 g/mol. The van der Waals surface area contributed by atoms with E-state index < -0.39 is 9.93 Å². The van der Waals surface area contributed by atoms with E-state index in [4.69, 9.17) is 23.2 Å². The van der Waals surface area contributed by atoms with Crippen molar-refractivity contribution in [1.82, 2.24) is 5.32 Å². The van der Waals surface area contributed by atoms with Crippen LogP contribution in [0.25, 0.3) is 0 Å². The molecule has 0 bridgehead atoms. The Morgan fingerprint density at radius 3 is 2.80 bits per heavy atom. The second-order valence-electron chi connectivity index (χ2n) is 5.78. The third-order valence-corrected chi connectivity index (χ3v) is 5.09. The highest BCUT2D eigenvalue weighted by Gasteiger charge is 2.56. The van der Waals surface area contributed by atoms with E-state index in [1.54, 1.807) is 0 Å². The molecule has 3 rings (SSSR count). The number of fused-ring (bicyclic) bond motifs is 1. The van der Waals surface area contributed by atoms with Crippen molar-refractivity contribution >= 4 is 29.1 Å². The lowest BCUT2D eigenvalue weighted by atomic mass is 9.79. The summed E-state index contributed by atoms with van der Waals surface area (Å²) in [5.41, 5.74) is 1.09. The highest BCUT2D eigenvalue weighted by atomic mass is 35.5. The van der Waals surface area contributed by atoms with Gasteiger partial charge in [0.15, 0.2) is 0 Å². The van der Waals surface area contributed by atoms with Crippen molar-refractivity contribution in [1.29, 1.82) is 0 Å². The average Bonchev–Trinajstić information content (AvgIpc) is 3.06. The number of rotatable bonds is 3. The highest BCUT2D eigenvalue weighted by molar-refractivity contribution is 6.52. The van der Waals surface area contributed by atoms with Gasteiger partial charge in [0.2, 0.25) is 5.91 Å². The Labute approximate surface area is 128 Å². The molecule has 1 aromatic carbocycles. The summed E-state index contributed by atoms with van der Waals surface area (Å²) in [4.78, 5) is 11.9. The van der Waals surface area contributed by atoms with Gasteiger partial charge in [0.1, 0.15) is 9.93 Å². The van der Waals surface area contributed by atoms with Crippen molar-refractivity contribution < 1.29 is 9.90 Å². The molecular formula is C15H17Cl2NO2. The topological polar surface area (TPSA) is 49.3 Å². The summed E-state index contributed by atoms with van der Waals surface area (Å²) in [5.74, 6) is -0.528. The van der Waals surface area contributed by atoms with Crippen LogP contribution in [0.5, 0.6) is 0 Å². The number of carbonyl (C=O) groups excluding carboxylic acids is 1. The van der Waals surface area contributed by atoms with Crippen LogP contribution in [0.2, 0.25) is 0 Å². The Hall–Kier alpha value is -0.770. The Bertz CT molecular complexity index is 546. The number of benzene rings is 1. The Morgan fingerprint density at radius 1 is 1.40 bits per heavy atom. The van der Waals surface area contributed by atoms with Gasteiger partial charge in [0, 0.05) is 0 Å². The zero-order valence-electron chi connectivity index (χ0n) is 11.0. The van der Waals surface area contributed by atoms with E-state index in [-0.39, 0.29) is 18.4 Å². The molecule has 2 aliphatic carbocycles. The summed E-state index contributed by atoms with van der Waals surface area (Å²) >= 11 is 11.8. The maximum absolute atomic E-state index is 11.9. The van der Waals surface area contributed by atoms with Crippen molar-refractivity contribution in [3.05, 3.63) is 35.4 Å². The number of nitrogens with one attached hydrogen (secondary N) is 1. The summed E-state index contributed by atoms with van der Waals surface area (Å²) in [5, 5.41) is 13.6. The molecule has 1 aromatic rings. The number of hydrogen-bond donors (Lipinski definition) is 2. The molecule has 0 radical (unpaired) electrons. The lowest BCUT2D eigenvalue weighted by Gasteiger charge is -2.34. The zero-order chi connectivity index (χ0) is 14.4. The van der Waals surface area contributed by atoms with Crippen LogP contribution in [0.1, 0.15) is 30.4 Å². The molecule has 0 spiro atoms. The summed E-state index contributed by atoms with van der Waals surface area (Å²) < 4.78 is -0.919. The minimum atomic E-state index is -0.985. The predicted octanol–water partition coefficient (Wildman–Crippen LogP) is 2.52. The number of alkyl halides is 2. The van der Waals surface area contributed by atoms with Crippen molar-refractivity contribution in [2.75, 3.05) is 6.54 Å². The number of hydrogen-bond acceptors (Lipinski definition) is 2. The van der Waals surface area contributed by atoms with Crippen molar-refractivity contribution in [2.24, 2.45) is 5.92 Å². The second kappa shape index (κ2) is 4.90. The molecule has 0 heterocycles. The van der Waals surface area contributed by atoms with E-state index in [1.165, 1.54) is 0 Å². The molecule has 2 aliphatic rings. The van der Waals surface area contributed by atoms with Gasteiger partial charge < -0.3 is 10.4 Å². The van der Waals surface area contributed by atoms with E-state index in [2.05, 4.69) is 5.32 Å². The molecule has 0 aliphatic heterocycles. The molecule has 1 saturated carbocycles. The first-order chi connectivity index (χ1) is 9.42. The molecule has 5 heteroatoms. The second-order valence-corrected chi connectivity index (χ2v) is 7.32. The van der Waals surface area contributed by atoms with E-state index in [0.717, 1.165) is 24.0 Å². The van der Waals surface area contributed by atoms with E-state index in [0.29, 0.717) is 12.8 Å². The maximum Gasteiger partial charge on any atom is 0.226 e. The Kier molecular flexibility index (Phi) is 3.47. The van der Waals surface area contributed by atoms with Crippen LogP contribution in [0.4, 0.5) is 0 Å². The van der Waals surface area contributed by atoms with E-state index in [1.807, 2.05) is 24.3 Å². The SMILES string of the molecule is O=C(NC[C@]1(O)CCCc2ccccc21)[C@H]1CC1(Cl)Cl. The minimum Gasteiger partial charge on any atom is -0.383 e. The van der Waals surface area contributed by atoms with Gasteiger partial charge in [-0.15, -0.1) is 23.2 Å². The molecular weight excluding hydrogens is 297 g/mol. The van der Waals surface area contributed by atoms with Gasteiger partial charge in [-0.1, -0.05) is 24.3 Å². The van der Waals surface area contributed by atoms with Crippen LogP contribution >= 0.6 is 23.2 Å². The monoisotopic (exact) mass is 313 g/mol. The summed E-state index contributed by atoms with van der Waals surface area (Å²) in [6, 6.07) is 7.86. The molecule has 1 amide bonds. The van der Waals surface area contributed by atoms with Crippen molar-refractivity contribution in [2.45, 2.75) is 35.6 Å². The molecule has 1 fully saturated rings. The van der Waals surface area contributed by atoms with Crippen molar-refractivity contribution in [3.63, 3.8) is 0 Å². The fourth-order valence-corrected chi connectivity index (χ4v) is 3.44. The third-order valence-electron chi connectivity index (χ3n) is 4.25. The predicted molar refractivity (Wildman–Crippen MR) is 78.8 cm³/mol. The lowest BCUT2D eigenvalue weighted by Crippen LogP contribution is -2.43. The van der Waals surface area contributed by atoms with Gasteiger partial charge in [0.25, 0.3) is 0 Å². The number of aryl methyl sites for hydroxylation is 1. The number of amides is 1. The van der Waals surface area contributed by atoms with Gasteiger partial charge in [-0.3, -0.25) is 4.79 Å². The molecule has 3 nitrogen and oxygen atoms in total. The molecule has 108 valence electrons. The van der Waals surface area contributed by atoms with Gasteiger partial charge in [0.05, 0.1) is 12.5 Å². The minimum absolute atomic E-state index is 0.175. The fourth-order valence-electron chi connectivity index (χ4n) is 2.94. The Morgan fingerprint density at radius 2 is 2.10 bits per heavy atom. The summed E-state index contributed by atoms with van der Waals surface area (Å²) in [6.07, 6.45) is 3.03. The first kappa shape index (κ1) is 14.2. The molecule has 0 saturated heterocycles. The molecule has 20 heavy (non-hydrogen) atoms. The van der Waals surface area contributed by atoms with Crippen LogP contribution in [-0.2, 0) is 16.8 Å². The summed E-state index contributed by atoms with van der Waals surface area (Å²) in [7, 11) is 0. The standard InChI is InChI=1S/C15H17Cl2NO2/c16-15(17)8-12(15)13(19)18-9-14(20)7-3-5-10-4-1-2-6-11(10)14/h1-2,4,6,12,20H,3,5,7-9H2,(H,18,19)/t12-,14-/m1/s1. The largest absolute Gasteiger partial charge is 0.383 e. The molecule has 2 N–H and O–H groups in total. The van der Waals surface area contributed by atoms with Gasteiger partial charge in [-0.05, 0) is 36.8 Å². The fraction of sp³-hybridized carbons (Fsp3) is 0.533. The smallest absolute Gasteiger partial charge is 0.226 e. The van der Waals surface area contributed by atoms with Crippen LogP contribution in [0.3, 0.4) is 0 Å². The van der Waals surface area contributed by atoms with Gasteiger partial charge in [-0.2, -0.15) is 0 Å². The van der Waals surface area contributed by atoms with Crippen molar-refractivity contribution in [3.8, 4) is 0 Å². The number of aliphatic hydroxyl groups is 1. The first-order valence-electron chi connectivity index (χ1n) is 6.89. The van der Waals surface area contributed by atoms with E-state index >= 15 is 0 Å². The zero-order valence-corrected chi connectivity index (χ0v) is 12.5. The lowest BCUT2D eigenvalue weighted by molar-refractivity contribution is -0.123. The maximum atomic E-state index is 11.9. The van der Waals surface area contributed by atoms with Crippen LogP contribution in [-0.4, -0.2) is 21.9 Å². The number of carbonyl (C=O) groups is 1. The summed E-state index contributed by atoms with van der Waals surface area (Å²) in [6.45, 7) is 0.212.